The summed E-state index contributed by atoms with van der Waals surface area (Å²) in [6.45, 7) is 6.49. The molecule has 1 aromatic heterocycles. The van der Waals surface area contributed by atoms with Crippen LogP contribution in [0, 0.1) is 0 Å². The zero-order chi connectivity index (χ0) is 25.2. The first-order chi connectivity index (χ1) is 17.7. The first-order valence-corrected chi connectivity index (χ1v) is 12.6. The van der Waals surface area contributed by atoms with Gasteiger partial charge in [-0.2, -0.15) is 0 Å². The highest BCUT2D eigenvalue weighted by Gasteiger charge is 2.18. The van der Waals surface area contributed by atoms with E-state index >= 15 is 0 Å². The molecule has 4 rings (SSSR count). The van der Waals surface area contributed by atoms with E-state index in [1.807, 2.05) is 18.3 Å². The second-order valence-corrected chi connectivity index (χ2v) is 9.04. The fourth-order valence-corrected chi connectivity index (χ4v) is 4.61. The van der Waals surface area contributed by atoms with E-state index in [2.05, 4.69) is 69.4 Å². The summed E-state index contributed by atoms with van der Waals surface area (Å²) >= 11 is 0. The van der Waals surface area contributed by atoms with E-state index in [4.69, 9.17) is 14.2 Å². The van der Waals surface area contributed by atoms with Crippen molar-refractivity contribution < 1.29 is 14.2 Å². The second kappa shape index (κ2) is 13.1. The van der Waals surface area contributed by atoms with Gasteiger partial charge in [0.15, 0.2) is 11.5 Å². The van der Waals surface area contributed by atoms with Crippen LogP contribution in [0.25, 0.3) is 17.3 Å². The highest BCUT2D eigenvalue weighted by atomic mass is 16.5. The maximum atomic E-state index is 5.51. The zero-order valence-electron chi connectivity index (χ0n) is 21.7. The van der Waals surface area contributed by atoms with Crippen LogP contribution in [-0.4, -0.2) is 68.8 Å². The molecule has 190 valence electrons. The van der Waals surface area contributed by atoms with Crippen molar-refractivity contribution in [2.75, 3.05) is 54.1 Å². The molecule has 2 heterocycles. The molecule has 0 unspecified atom stereocenters. The number of allylic oxidation sites excluding steroid dienone is 1. The number of rotatable bonds is 11. The predicted molar refractivity (Wildman–Crippen MR) is 146 cm³/mol. The molecule has 0 radical (unpaired) electrons. The lowest BCUT2D eigenvalue weighted by Gasteiger charge is -2.34. The van der Waals surface area contributed by atoms with Gasteiger partial charge in [-0.1, -0.05) is 42.5 Å². The number of nitrogens with zero attached hydrogens (tertiary/aromatic N) is 3. The minimum atomic E-state index is 0.588. The van der Waals surface area contributed by atoms with Gasteiger partial charge in [-0.25, -0.2) is 0 Å². The van der Waals surface area contributed by atoms with Gasteiger partial charge in [0.05, 0.1) is 27.0 Å². The Morgan fingerprint density at radius 2 is 1.53 bits per heavy atom. The average Bonchev–Trinajstić information content (AvgIpc) is 2.93. The summed E-state index contributed by atoms with van der Waals surface area (Å²) in [6.07, 6.45) is 8.72. The normalized spacial score (nSPS) is 14.8. The molecule has 3 aromatic rings. The molecule has 0 aliphatic carbocycles. The number of unbranched alkanes of at least 4 members (excludes halogenated alkanes) is 1. The van der Waals surface area contributed by atoms with Crippen molar-refractivity contribution in [3.8, 4) is 28.5 Å². The van der Waals surface area contributed by atoms with Gasteiger partial charge < -0.3 is 19.1 Å². The molecule has 1 fully saturated rings. The highest BCUT2D eigenvalue weighted by Crippen LogP contribution is 2.40. The van der Waals surface area contributed by atoms with E-state index in [9.17, 15) is 0 Å². The number of ether oxygens (including phenoxy) is 3. The molecule has 0 bridgehead atoms. The molecule has 1 saturated heterocycles. The van der Waals surface area contributed by atoms with Crippen molar-refractivity contribution in [3.63, 3.8) is 0 Å². The van der Waals surface area contributed by atoms with Crippen LogP contribution in [0.3, 0.4) is 0 Å². The summed E-state index contributed by atoms with van der Waals surface area (Å²) in [5.41, 5.74) is 4.37. The fourth-order valence-electron chi connectivity index (χ4n) is 4.61. The highest BCUT2D eigenvalue weighted by molar-refractivity contribution is 5.69. The molecule has 0 atom stereocenters. The standard InChI is InChI=1S/C30H37N3O3/c1-34-28-21-26(22-29(35-2)30(28)36-3)27-20-25(13-14-31-27)23-33-18-16-32(17-19-33)15-9-5-8-12-24-10-6-4-7-11-24/h4,6-8,10-14,20-22H,5,9,15-19,23H2,1-3H3. The van der Waals surface area contributed by atoms with Crippen LogP contribution in [0.5, 0.6) is 17.2 Å². The van der Waals surface area contributed by atoms with Crippen LogP contribution in [0.1, 0.15) is 24.0 Å². The fraction of sp³-hybridized carbons (Fsp3) is 0.367. The van der Waals surface area contributed by atoms with Gasteiger partial charge in [-0.3, -0.25) is 9.88 Å². The van der Waals surface area contributed by atoms with Gasteiger partial charge in [0.1, 0.15) is 0 Å². The molecule has 2 aromatic carbocycles. The van der Waals surface area contributed by atoms with Crippen LogP contribution in [0.15, 0.2) is 66.9 Å². The van der Waals surface area contributed by atoms with Crippen molar-refractivity contribution in [2.45, 2.75) is 19.4 Å². The van der Waals surface area contributed by atoms with E-state index in [1.165, 1.54) is 17.5 Å². The average molecular weight is 488 g/mol. The Morgan fingerprint density at radius 3 is 2.19 bits per heavy atom. The maximum Gasteiger partial charge on any atom is 0.203 e. The first kappa shape index (κ1) is 25.7. The number of methoxy groups -OCH3 is 3. The lowest BCUT2D eigenvalue weighted by molar-refractivity contribution is 0.126. The Bertz CT molecular complexity index is 1100. The van der Waals surface area contributed by atoms with Crippen molar-refractivity contribution >= 4 is 6.08 Å². The molecule has 1 aliphatic heterocycles. The third kappa shape index (κ3) is 6.86. The summed E-state index contributed by atoms with van der Waals surface area (Å²) < 4.78 is 16.5. The van der Waals surface area contributed by atoms with E-state index in [0.717, 1.165) is 56.9 Å². The largest absolute Gasteiger partial charge is 0.493 e. The minimum Gasteiger partial charge on any atom is -0.493 e. The number of piperazine rings is 1. The van der Waals surface area contributed by atoms with Crippen LogP contribution < -0.4 is 14.2 Å². The Kier molecular flexibility index (Phi) is 9.36. The quantitative estimate of drug-likeness (QED) is 0.338. The smallest absolute Gasteiger partial charge is 0.203 e. The van der Waals surface area contributed by atoms with Gasteiger partial charge in [0, 0.05) is 44.5 Å². The number of aromatic nitrogens is 1. The number of benzene rings is 2. The van der Waals surface area contributed by atoms with Crippen LogP contribution in [0.2, 0.25) is 0 Å². The Hall–Kier alpha value is -3.35. The summed E-state index contributed by atoms with van der Waals surface area (Å²) in [5, 5.41) is 0. The molecule has 1 aliphatic rings. The molecule has 6 heteroatoms. The van der Waals surface area contributed by atoms with E-state index in [0.29, 0.717) is 17.2 Å². The van der Waals surface area contributed by atoms with Gasteiger partial charge in [-0.15, -0.1) is 0 Å². The molecule has 0 amide bonds. The van der Waals surface area contributed by atoms with Gasteiger partial charge in [0.2, 0.25) is 5.75 Å². The second-order valence-electron chi connectivity index (χ2n) is 9.04. The summed E-state index contributed by atoms with van der Waals surface area (Å²) in [5.74, 6) is 1.85. The Balaban J connectivity index is 1.28. The minimum absolute atomic E-state index is 0.588. The van der Waals surface area contributed by atoms with Gasteiger partial charge in [0.25, 0.3) is 0 Å². The monoisotopic (exact) mass is 487 g/mol. The van der Waals surface area contributed by atoms with E-state index in [-0.39, 0.29) is 0 Å². The Morgan fingerprint density at radius 1 is 0.833 bits per heavy atom. The molecular weight excluding hydrogens is 450 g/mol. The summed E-state index contributed by atoms with van der Waals surface area (Å²) in [6, 6.07) is 18.7. The SMILES string of the molecule is COc1cc(-c2cc(CN3CCN(CCCC=Cc4ccccc4)CC3)ccn2)cc(OC)c1OC. The number of pyridine rings is 1. The van der Waals surface area contributed by atoms with Crippen molar-refractivity contribution in [2.24, 2.45) is 0 Å². The molecular formula is C30H37N3O3. The van der Waals surface area contributed by atoms with Crippen LogP contribution in [0.4, 0.5) is 0 Å². The van der Waals surface area contributed by atoms with Crippen LogP contribution in [-0.2, 0) is 6.54 Å². The van der Waals surface area contributed by atoms with Gasteiger partial charge in [-0.05, 0) is 54.8 Å². The van der Waals surface area contributed by atoms with Gasteiger partial charge >= 0.3 is 0 Å². The molecule has 0 saturated carbocycles. The number of hydrogen-bond donors (Lipinski definition) is 0. The van der Waals surface area contributed by atoms with E-state index in [1.54, 1.807) is 21.3 Å². The first-order valence-electron chi connectivity index (χ1n) is 12.6. The summed E-state index contributed by atoms with van der Waals surface area (Å²) in [4.78, 5) is 9.72. The molecule has 6 nitrogen and oxygen atoms in total. The molecule has 0 N–H and O–H groups in total. The van der Waals surface area contributed by atoms with Crippen LogP contribution >= 0.6 is 0 Å². The lowest BCUT2D eigenvalue weighted by Crippen LogP contribution is -2.46. The zero-order valence-corrected chi connectivity index (χ0v) is 21.7. The summed E-state index contributed by atoms with van der Waals surface area (Å²) in [7, 11) is 4.87. The number of hydrogen-bond acceptors (Lipinski definition) is 6. The molecule has 36 heavy (non-hydrogen) atoms. The third-order valence-electron chi connectivity index (χ3n) is 6.61. The lowest BCUT2D eigenvalue weighted by atomic mass is 10.1. The van der Waals surface area contributed by atoms with Crippen molar-refractivity contribution in [1.29, 1.82) is 0 Å². The van der Waals surface area contributed by atoms with E-state index < -0.39 is 0 Å². The molecule has 0 spiro atoms. The predicted octanol–water partition coefficient (Wildman–Crippen LogP) is 5.39. The topological polar surface area (TPSA) is 47.1 Å². The maximum absolute atomic E-state index is 5.51. The Labute approximate surface area is 215 Å². The third-order valence-corrected chi connectivity index (χ3v) is 6.61. The van der Waals surface area contributed by atoms with Crippen molar-refractivity contribution in [3.05, 3.63) is 78.0 Å². The van der Waals surface area contributed by atoms with Crippen molar-refractivity contribution in [1.82, 2.24) is 14.8 Å².